The minimum atomic E-state index is 0.898. The molecular weight excluding hydrogens is 200 g/mol. The first-order valence-electron chi connectivity index (χ1n) is 5.78. The van der Waals surface area contributed by atoms with Gasteiger partial charge < -0.3 is 15.0 Å². The number of likely N-dealkylation sites (N-methyl/N-ethyl adjacent to an activating group) is 1. The minimum Gasteiger partial charge on any atom is -0.497 e. The first-order valence-corrected chi connectivity index (χ1v) is 5.78. The lowest BCUT2D eigenvalue weighted by molar-refractivity contribution is 0.349. The van der Waals surface area contributed by atoms with E-state index in [4.69, 9.17) is 4.74 Å². The standard InChI is InChI=1S/C13H22N2O/c1-4-15(2)9-8-14-11-12-6-5-7-13(10-12)16-3/h5-7,10,14H,4,8-9,11H2,1-3H3. The van der Waals surface area contributed by atoms with Gasteiger partial charge in [0.15, 0.2) is 0 Å². The number of methoxy groups -OCH3 is 1. The molecule has 0 radical (unpaired) electrons. The summed E-state index contributed by atoms with van der Waals surface area (Å²) in [7, 11) is 3.83. The highest BCUT2D eigenvalue weighted by Crippen LogP contribution is 2.11. The maximum Gasteiger partial charge on any atom is 0.119 e. The fraction of sp³-hybridized carbons (Fsp3) is 0.538. The van der Waals surface area contributed by atoms with E-state index in [9.17, 15) is 0 Å². The predicted molar refractivity (Wildman–Crippen MR) is 67.9 cm³/mol. The first kappa shape index (κ1) is 13.0. The average molecular weight is 222 g/mol. The molecule has 16 heavy (non-hydrogen) atoms. The molecule has 0 aliphatic heterocycles. The molecule has 0 aliphatic rings. The van der Waals surface area contributed by atoms with Crippen molar-refractivity contribution < 1.29 is 4.74 Å². The molecule has 0 aliphatic carbocycles. The average Bonchev–Trinajstić information content (AvgIpc) is 2.34. The van der Waals surface area contributed by atoms with Crippen molar-refractivity contribution in [2.45, 2.75) is 13.5 Å². The highest BCUT2D eigenvalue weighted by atomic mass is 16.5. The van der Waals surface area contributed by atoms with Crippen molar-refractivity contribution in [2.24, 2.45) is 0 Å². The Labute approximate surface area is 98.4 Å². The van der Waals surface area contributed by atoms with Crippen LogP contribution in [0.15, 0.2) is 24.3 Å². The van der Waals surface area contributed by atoms with Gasteiger partial charge in [0.1, 0.15) is 5.75 Å². The highest BCUT2D eigenvalue weighted by Gasteiger charge is 1.96. The van der Waals surface area contributed by atoms with E-state index in [0.29, 0.717) is 0 Å². The number of hydrogen-bond donors (Lipinski definition) is 1. The van der Waals surface area contributed by atoms with Crippen LogP contribution in [0.5, 0.6) is 5.75 Å². The van der Waals surface area contributed by atoms with Gasteiger partial charge >= 0.3 is 0 Å². The predicted octanol–water partition coefficient (Wildman–Crippen LogP) is 1.74. The van der Waals surface area contributed by atoms with Crippen LogP contribution in [0.4, 0.5) is 0 Å². The third kappa shape index (κ3) is 4.64. The van der Waals surface area contributed by atoms with E-state index in [1.807, 2.05) is 12.1 Å². The van der Waals surface area contributed by atoms with Gasteiger partial charge in [0.25, 0.3) is 0 Å². The Morgan fingerprint density at radius 3 is 2.88 bits per heavy atom. The molecule has 0 aromatic heterocycles. The van der Waals surface area contributed by atoms with E-state index in [1.54, 1.807) is 7.11 Å². The lowest BCUT2D eigenvalue weighted by Gasteiger charge is -2.14. The van der Waals surface area contributed by atoms with Crippen molar-refractivity contribution in [1.29, 1.82) is 0 Å². The van der Waals surface area contributed by atoms with E-state index in [0.717, 1.165) is 31.9 Å². The maximum absolute atomic E-state index is 5.18. The van der Waals surface area contributed by atoms with E-state index < -0.39 is 0 Å². The van der Waals surface area contributed by atoms with Gasteiger partial charge in [0, 0.05) is 19.6 Å². The molecule has 0 amide bonds. The lowest BCUT2D eigenvalue weighted by Crippen LogP contribution is -2.28. The molecule has 1 aromatic rings. The van der Waals surface area contributed by atoms with Gasteiger partial charge in [-0.3, -0.25) is 0 Å². The summed E-state index contributed by atoms with van der Waals surface area (Å²) in [4.78, 5) is 2.29. The first-order chi connectivity index (χ1) is 7.76. The fourth-order valence-corrected chi connectivity index (χ4v) is 1.44. The Bertz CT molecular complexity index is 302. The molecule has 3 nitrogen and oxygen atoms in total. The lowest BCUT2D eigenvalue weighted by atomic mass is 10.2. The van der Waals surface area contributed by atoms with Crippen LogP contribution >= 0.6 is 0 Å². The van der Waals surface area contributed by atoms with E-state index in [2.05, 4.69) is 36.3 Å². The number of rotatable bonds is 7. The van der Waals surface area contributed by atoms with Crippen molar-refractivity contribution in [3.63, 3.8) is 0 Å². The Balaban J connectivity index is 2.26. The maximum atomic E-state index is 5.18. The van der Waals surface area contributed by atoms with Gasteiger partial charge in [0.05, 0.1) is 7.11 Å². The molecule has 0 bridgehead atoms. The fourth-order valence-electron chi connectivity index (χ4n) is 1.44. The summed E-state index contributed by atoms with van der Waals surface area (Å²) in [6.07, 6.45) is 0. The molecule has 3 heteroatoms. The second-order valence-electron chi connectivity index (χ2n) is 3.92. The zero-order chi connectivity index (χ0) is 11.8. The molecule has 0 saturated heterocycles. The van der Waals surface area contributed by atoms with Crippen molar-refractivity contribution in [3.8, 4) is 5.75 Å². The normalized spacial score (nSPS) is 10.8. The van der Waals surface area contributed by atoms with Crippen LogP contribution in [0.2, 0.25) is 0 Å². The van der Waals surface area contributed by atoms with Crippen LogP contribution < -0.4 is 10.1 Å². The molecule has 0 heterocycles. The molecule has 0 saturated carbocycles. The van der Waals surface area contributed by atoms with Crippen LogP contribution in [-0.4, -0.2) is 38.7 Å². The van der Waals surface area contributed by atoms with Gasteiger partial charge in [-0.25, -0.2) is 0 Å². The molecule has 1 N–H and O–H groups in total. The van der Waals surface area contributed by atoms with Crippen LogP contribution in [0.1, 0.15) is 12.5 Å². The molecule has 1 aromatic carbocycles. The third-order valence-corrected chi connectivity index (χ3v) is 2.67. The third-order valence-electron chi connectivity index (χ3n) is 2.67. The van der Waals surface area contributed by atoms with Gasteiger partial charge in [-0.15, -0.1) is 0 Å². The van der Waals surface area contributed by atoms with Crippen LogP contribution in [0.3, 0.4) is 0 Å². The van der Waals surface area contributed by atoms with E-state index >= 15 is 0 Å². The smallest absolute Gasteiger partial charge is 0.119 e. The summed E-state index contributed by atoms with van der Waals surface area (Å²) in [6.45, 7) is 6.26. The largest absolute Gasteiger partial charge is 0.497 e. The summed E-state index contributed by atoms with van der Waals surface area (Å²) < 4.78 is 5.18. The molecule has 90 valence electrons. The monoisotopic (exact) mass is 222 g/mol. The Hall–Kier alpha value is -1.06. The van der Waals surface area contributed by atoms with Crippen molar-refractivity contribution in [3.05, 3.63) is 29.8 Å². The van der Waals surface area contributed by atoms with Crippen LogP contribution in [-0.2, 0) is 6.54 Å². The van der Waals surface area contributed by atoms with Gasteiger partial charge in [-0.05, 0) is 31.3 Å². The Kier molecular flexibility index (Phi) is 5.90. The van der Waals surface area contributed by atoms with Gasteiger partial charge in [-0.1, -0.05) is 19.1 Å². The Morgan fingerprint density at radius 1 is 1.38 bits per heavy atom. The van der Waals surface area contributed by atoms with Gasteiger partial charge in [0.2, 0.25) is 0 Å². The molecule has 0 unspecified atom stereocenters. The van der Waals surface area contributed by atoms with Crippen LogP contribution in [0, 0.1) is 0 Å². The summed E-state index contributed by atoms with van der Waals surface area (Å²) >= 11 is 0. The summed E-state index contributed by atoms with van der Waals surface area (Å²) in [5.74, 6) is 0.921. The molecule has 1 rings (SSSR count). The van der Waals surface area contributed by atoms with Crippen molar-refractivity contribution in [2.75, 3.05) is 33.8 Å². The molecule has 0 atom stereocenters. The molecule has 0 fully saturated rings. The second kappa shape index (κ2) is 7.25. The minimum absolute atomic E-state index is 0.898. The van der Waals surface area contributed by atoms with Crippen molar-refractivity contribution in [1.82, 2.24) is 10.2 Å². The van der Waals surface area contributed by atoms with E-state index in [1.165, 1.54) is 5.56 Å². The number of ether oxygens (including phenoxy) is 1. The number of nitrogens with one attached hydrogen (secondary N) is 1. The molecule has 0 spiro atoms. The number of hydrogen-bond acceptors (Lipinski definition) is 3. The van der Waals surface area contributed by atoms with Crippen molar-refractivity contribution >= 4 is 0 Å². The summed E-state index contributed by atoms with van der Waals surface area (Å²) in [6, 6.07) is 8.16. The second-order valence-corrected chi connectivity index (χ2v) is 3.92. The molecular formula is C13H22N2O. The number of nitrogens with zero attached hydrogens (tertiary/aromatic N) is 1. The van der Waals surface area contributed by atoms with Crippen LogP contribution in [0.25, 0.3) is 0 Å². The summed E-state index contributed by atoms with van der Waals surface area (Å²) in [5, 5.41) is 3.42. The SMILES string of the molecule is CCN(C)CCNCc1cccc(OC)c1. The topological polar surface area (TPSA) is 24.5 Å². The Morgan fingerprint density at radius 2 is 2.19 bits per heavy atom. The zero-order valence-electron chi connectivity index (χ0n) is 10.5. The van der Waals surface area contributed by atoms with E-state index in [-0.39, 0.29) is 0 Å². The summed E-state index contributed by atoms with van der Waals surface area (Å²) in [5.41, 5.74) is 1.26. The zero-order valence-corrected chi connectivity index (χ0v) is 10.5. The highest BCUT2D eigenvalue weighted by molar-refractivity contribution is 5.28. The van der Waals surface area contributed by atoms with Gasteiger partial charge in [-0.2, -0.15) is 0 Å². The quantitative estimate of drug-likeness (QED) is 0.711. The number of benzene rings is 1.